The van der Waals surface area contributed by atoms with Gasteiger partial charge in [-0.1, -0.05) is 48.5 Å². The van der Waals surface area contributed by atoms with E-state index in [0.29, 0.717) is 12.2 Å². The molecule has 0 fully saturated rings. The number of carboxylic acids is 1. The largest absolute Gasteiger partial charge is 0.473 e. The highest BCUT2D eigenvalue weighted by atomic mass is 19.2. The maximum Gasteiger partial charge on any atom is 0.401 e. The fourth-order valence-corrected chi connectivity index (χ4v) is 7.28. The third kappa shape index (κ3) is 7.33. The van der Waals surface area contributed by atoms with Gasteiger partial charge in [0.05, 0.1) is 5.39 Å². The molecule has 0 spiro atoms. The van der Waals surface area contributed by atoms with Gasteiger partial charge in [0.25, 0.3) is 5.69 Å². The first-order valence-electron chi connectivity index (χ1n) is 17.4. The molecular formula is C41H14BF20NO2. The van der Waals surface area contributed by atoms with Gasteiger partial charge in [0.2, 0.25) is 0 Å². The van der Waals surface area contributed by atoms with Crippen molar-refractivity contribution in [2.45, 2.75) is 6.54 Å². The van der Waals surface area contributed by atoms with E-state index >= 15 is 35.1 Å². The number of aromatic carboxylic acids is 1. The maximum absolute atomic E-state index is 15.4. The van der Waals surface area contributed by atoms with Crippen molar-refractivity contribution in [3.8, 4) is 0 Å². The summed E-state index contributed by atoms with van der Waals surface area (Å²) in [6.07, 6.45) is -5.38. The maximum atomic E-state index is 15.4. The number of fused-ring (bicyclic) bond motifs is 1. The van der Waals surface area contributed by atoms with Gasteiger partial charge in [-0.2, -0.15) is 4.57 Å². The van der Waals surface area contributed by atoms with Crippen molar-refractivity contribution in [1.82, 2.24) is 0 Å². The zero-order chi connectivity index (χ0) is 48.3. The van der Waals surface area contributed by atoms with Crippen molar-refractivity contribution >= 4 is 44.7 Å². The molecule has 0 amide bonds. The molecule has 0 aliphatic rings. The normalized spacial score (nSPS) is 11.6. The summed E-state index contributed by atoms with van der Waals surface area (Å²) in [7, 11) is 0. The third-order valence-corrected chi connectivity index (χ3v) is 10.0. The molecule has 338 valence electrons. The predicted molar refractivity (Wildman–Crippen MR) is 186 cm³/mol. The van der Waals surface area contributed by atoms with Crippen LogP contribution in [0.3, 0.4) is 0 Å². The molecule has 24 heteroatoms. The molecule has 1 aromatic heterocycles. The third-order valence-electron chi connectivity index (χ3n) is 10.0. The average molecular weight is 943 g/mol. The van der Waals surface area contributed by atoms with Crippen LogP contribution in [0.15, 0.2) is 66.9 Å². The molecular weight excluding hydrogens is 929 g/mol. The molecule has 7 aromatic rings. The van der Waals surface area contributed by atoms with Gasteiger partial charge >= 0.3 is 5.97 Å². The highest BCUT2D eigenvalue weighted by molar-refractivity contribution is 7.20. The number of rotatable bonds is 7. The summed E-state index contributed by atoms with van der Waals surface area (Å²) in [4.78, 5) is 11.6. The number of hydrogen-bond acceptors (Lipinski definition) is 1. The average Bonchev–Trinajstić information content (AvgIpc) is 3.29. The molecule has 0 saturated carbocycles. The number of carbonyl (C=O) groups is 1. The van der Waals surface area contributed by atoms with E-state index in [4.69, 9.17) is 0 Å². The van der Waals surface area contributed by atoms with Crippen molar-refractivity contribution in [2.24, 2.45) is 0 Å². The molecule has 3 nitrogen and oxygen atoms in total. The van der Waals surface area contributed by atoms with Gasteiger partial charge in [-0.05, 0) is 11.5 Å². The number of aromatic nitrogens is 1. The lowest BCUT2D eigenvalue weighted by molar-refractivity contribution is -0.689. The molecule has 6 aromatic carbocycles. The van der Waals surface area contributed by atoms with E-state index in [1.807, 2.05) is 66.9 Å². The van der Waals surface area contributed by atoms with Crippen molar-refractivity contribution in [3.05, 3.63) is 194 Å². The van der Waals surface area contributed by atoms with Gasteiger partial charge in [-0.15, -0.1) is 21.9 Å². The Hall–Kier alpha value is -7.14. The standard InChI is InChI=1S/C24BF20.C17H13NO2/c26-5-1(6(27)14(35)21(42)13(5)34)25(2-7(28)15(36)22(43)16(37)8(2)29,3-9(30)17(38)23(44)18(39)10(3)31)4-11(32)19(40)24(45)20(41)12(4)33;19-17(20)16-15-9-5-4-8-14(15)10-11-18(16)12-13-6-2-1-3-7-13/h;1-11H,12H2/q-1;/p+1. The minimum atomic E-state index is -7.22. The van der Waals surface area contributed by atoms with Crippen LogP contribution < -0.4 is 26.4 Å². The predicted octanol–water partition coefficient (Wildman–Crippen LogP) is 8.72. The molecule has 0 bridgehead atoms. The Morgan fingerprint density at radius 1 is 0.385 bits per heavy atom. The molecule has 0 aliphatic heterocycles. The van der Waals surface area contributed by atoms with E-state index < -0.39 is 150 Å². The van der Waals surface area contributed by atoms with Crippen molar-refractivity contribution in [1.29, 1.82) is 0 Å². The summed E-state index contributed by atoms with van der Waals surface area (Å²) in [6.45, 7) is 0.549. The van der Waals surface area contributed by atoms with Crippen LogP contribution in [0.2, 0.25) is 0 Å². The number of benzene rings is 6. The number of nitrogens with zero attached hydrogens (tertiary/aromatic N) is 1. The molecule has 1 N–H and O–H groups in total. The first kappa shape index (κ1) is 47.3. The van der Waals surface area contributed by atoms with Gasteiger partial charge in [-0.25, -0.2) is 92.6 Å². The molecule has 0 saturated heterocycles. The summed E-state index contributed by atoms with van der Waals surface area (Å²) in [6, 6.07) is 19.3. The van der Waals surface area contributed by atoms with Crippen LogP contribution in [0, 0.1) is 116 Å². The van der Waals surface area contributed by atoms with Gasteiger partial charge in [0, 0.05) is 11.6 Å². The van der Waals surface area contributed by atoms with Crippen LogP contribution in [-0.4, -0.2) is 17.2 Å². The summed E-state index contributed by atoms with van der Waals surface area (Å²) in [5, 5.41) is 11.2. The SMILES string of the molecule is Fc1c(F)c(F)c([B-](c2c(F)c(F)c(F)c(F)c2F)(c2c(F)c(F)c(F)c(F)c2F)c2c(F)c(F)c(F)c(F)c2F)c(F)c1F.O=C(O)c1c2ccccc2cc[n+]1Cc1ccccc1. The Kier molecular flexibility index (Phi) is 12.7. The Bertz CT molecular complexity index is 2730. The van der Waals surface area contributed by atoms with Crippen LogP contribution in [-0.2, 0) is 6.54 Å². The van der Waals surface area contributed by atoms with E-state index in [1.165, 1.54) is 0 Å². The first-order chi connectivity index (χ1) is 30.5. The topological polar surface area (TPSA) is 41.2 Å². The molecule has 0 unspecified atom stereocenters. The second kappa shape index (κ2) is 17.4. The fraction of sp³-hybridized carbons (Fsp3) is 0.0244. The quantitative estimate of drug-likeness (QED) is 0.0572. The van der Waals surface area contributed by atoms with Crippen LogP contribution in [0.1, 0.15) is 16.1 Å². The van der Waals surface area contributed by atoms with E-state index in [2.05, 4.69) is 0 Å². The zero-order valence-corrected chi connectivity index (χ0v) is 31.0. The van der Waals surface area contributed by atoms with Crippen LogP contribution in [0.4, 0.5) is 87.8 Å². The van der Waals surface area contributed by atoms with Gasteiger partial charge in [0.1, 0.15) is 52.7 Å². The molecule has 65 heavy (non-hydrogen) atoms. The number of halogens is 20. The van der Waals surface area contributed by atoms with E-state index in [1.54, 1.807) is 4.57 Å². The van der Waals surface area contributed by atoms with Gasteiger partial charge in [-0.3, -0.25) is 0 Å². The molecule has 0 radical (unpaired) electrons. The molecule has 7 rings (SSSR count). The Labute approximate surface area is 347 Å². The first-order valence-corrected chi connectivity index (χ1v) is 17.4. The molecule has 1 heterocycles. The van der Waals surface area contributed by atoms with Crippen LogP contribution in [0.25, 0.3) is 10.8 Å². The van der Waals surface area contributed by atoms with Crippen molar-refractivity contribution in [3.63, 3.8) is 0 Å². The lowest BCUT2D eigenvalue weighted by Crippen LogP contribution is -2.81. The second-order valence-electron chi connectivity index (χ2n) is 13.5. The second-order valence-corrected chi connectivity index (χ2v) is 13.5. The van der Waals surface area contributed by atoms with E-state index in [-0.39, 0.29) is 0 Å². The van der Waals surface area contributed by atoms with E-state index in [9.17, 15) is 62.6 Å². The smallest absolute Gasteiger partial charge is 0.401 e. The summed E-state index contributed by atoms with van der Waals surface area (Å²) in [5.41, 5.74) is -12.9. The summed E-state index contributed by atoms with van der Waals surface area (Å²) in [5.74, 6) is -72.3. The monoisotopic (exact) mass is 943 g/mol. The molecule has 0 aliphatic carbocycles. The van der Waals surface area contributed by atoms with Crippen molar-refractivity contribution < 1.29 is 102 Å². The Balaban J connectivity index is 0.000000289. The number of carboxylic acid groups (broad SMARTS) is 1. The highest BCUT2D eigenvalue weighted by Crippen LogP contribution is 2.31. The fourth-order valence-electron chi connectivity index (χ4n) is 7.28. The van der Waals surface area contributed by atoms with Crippen LogP contribution in [0.5, 0.6) is 0 Å². The summed E-state index contributed by atoms with van der Waals surface area (Å²) < 4.78 is 296. The lowest BCUT2D eigenvalue weighted by atomic mass is 9.12. The van der Waals surface area contributed by atoms with Crippen LogP contribution >= 0.6 is 0 Å². The lowest BCUT2D eigenvalue weighted by Gasteiger charge is -2.44. The summed E-state index contributed by atoms with van der Waals surface area (Å²) >= 11 is 0. The number of pyridine rings is 1. The Morgan fingerprint density at radius 3 is 0.969 bits per heavy atom. The highest BCUT2D eigenvalue weighted by Gasteiger charge is 2.52. The van der Waals surface area contributed by atoms with Gasteiger partial charge in [0.15, 0.2) is 82.5 Å². The Morgan fingerprint density at radius 2 is 0.662 bits per heavy atom. The van der Waals surface area contributed by atoms with Crippen molar-refractivity contribution in [2.75, 3.05) is 0 Å². The zero-order valence-electron chi connectivity index (χ0n) is 31.0. The minimum Gasteiger partial charge on any atom is -0.473 e. The van der Waals surface area contributed by atoms with E-state index in [0.717, 1.165) is 16.3 Å². The molecule has 0 atom stereocenters. The van der Waals surface area contributed by atoms with Gasteiger partial charge < -0.3 is 5.11 Å². The minimum absolute atomic E-state index is 0.326. The number of hydrogen-bond donors (Lipinski definition) is 1.